The van der Waals surface area contributed by atoms with Crippen molar-refractivity contribution in [1.82, 2.24) is 15.2 Å². The molecule has 0 radical (unpaired) electrons. The lowest BCUT2D eigenvalue weighted by atomic mass is 9.64. The fourth-order valence-corrected chi connectivity index (χ4v) is 6.63. The number of hydrogen-bond donors (Lipinski definition) is 1. The van der Waals surface area contributed by atoms with Gasteiger partial charge in [0, 0.05) is 30.5 Å². The maximum atomic E-state index is 13.9. The predicted molar refractivity (Wildman–Crippen MR) is 129 cm³/mol. The van der Waals surface area contributed by atoms with Crippen molar-refractivity contribution in [1.29, 1.82) is 0 Å². The molecule has 2 fully saturated rings. The second-order valence-electron chi connectivity index (χ2n) is 10.0. The topological polar surface area (TPSA) is 62.3 Å². The molecular formula is C28H35N3O2. The average molecular weight is 446 g/mol. The Morgan fingerprint density at radius 1 is 0.970 bits per heavy atom. The van der Waals surface area contributed by atoms with Crippen LogP contribution in [0.5, 0.6) is 0 Å². The van der Waals surface area contributed by atoms with E-state index in [2.05, 4.69) is 15.2 Å². The van der Waals surface area contributed by atoms with Gasteiger partial charge < -0.3 is 10.2 Å². The van der Waals surface area contributed by atoms with Gasteiger partial charge in [0.15, 0.2) is 0 Å². The third-order valence-electron chi connectivity index (χ3n) is 8.12. The summed E-state index contributed by atoms with van der Waals surface area (Å²) in [6.45, 7) is 0.592. The summed E-state index contributed by atoms with van der Waals surface area (Å²) >= 11 is 0. The van der Waals surface area contributed by atoms with Crippen LogP contribution in [0.4, 0.5) is 0 Å². The van der Waals surface area contributed by atoms with E-state index in [0.29, 0.717) is 6.54 Å². The summed E-state index contributed by atoms with van der Waals surface area (Å²) in [5.74, 6) is -0.0713. The number of nitrogens with one attached hydrogen (secondary N) is 1. The Morgan fingerprint density at radius 3 is 2.42 bits per heavy atom. The molecule has 2 amide bonds. The highest BCUT2D eigenvalue weighted by Crippen LogP contribution is 2.51. The van der Waals surface area contributed by atoms with Gasteiger partial charge in [0.1, 0.15) is 0 Å². The Bertz CT molecular complexity index is 978. The fourth-order valence-electron chi connectivity index (χ4n) is 6.63. The molecule has 5 rings (SSSR count). The van der Waals surface area contributed by atoms with Crippen molar-refractivity contribution in [2.75, 3.05) is 6.54 Å². The number of amides is 2. The zero-order chi connectivity index (χ0) is 22.7. The van der Waals surface area contributed by atoms with Crippen LogP contribution >= 0.6 is 0 Å². The molecule has 0 saturated heterocycles. The van der Waals surface area contributed by atoms with E-state index in [1.807, 2.05) is 36.4 Å². The SMILES string of the molecule is O=C(NCCc1ccncc1)C1c2ccccc2C(=O)N(C2CCCCC2)C12CCCCC2. The number of benzene rings is 1. The van der Waals surface area contributed by atoms with Crippen molar-refractivity contribution < 1.29 is 9.59 Å². The van der Waals surface area contributed by atoms with Crippen LogP contribution in [-0.2, 0) is 11.2 Å². The molecule has 1 spiro atoms. The van der Waals surface area contributed by atoms with Crippen LogP contribution in [0.3, 0.4) is 0 Å². The molecule has 174 valence electrons. The van der Waals surface area contributed by atoms with Crippen LogP contribution in [-0.4, -0.2) is 39.8 Å². The number of aromatic nitrogens is 1. The maximum Gasteiger partial charge on any atom is 0.254 e. The molecule has 1 aromatic carbocycles. The number of fused-ring (bicyclic) bond motifs is 1. The molecule has 0 bridgehead atoms. The van der Waals surface area contributed by atoms with Crippen molar-refractivity contribution in [3.05, 3.63) is 65.5 Å². The van der Waals surface area contributed by atoms with E-state index in [1.165, 1.54) is 31.2 Å². The third-order valence-corrected chi connectivity index (χ3v) is 8.12. The molecule has 33 heavy (non-hydrogen) atoms. The van der Waals surface area contributed by atoms with Crippen molar-refractivity contribution >= 4 is 11.8 Å². The van der Waals surface area contributed by atoms with Gasteiger partial charge in [-0.2, -0.15) is 0 Å². The number of pyridine rings is 1. The normalized spacial score (nSPS) is 22.7. The van der Waals surface area contributed by atoms with Gasteiger partial charge in [-0.1, -0.05) is 56.7 Å². The van der Waals surface area contributed by atoms with Crippen molar-refractivity contribution in [3.63, 3.8) is 0 Å². The lowest BCUT2D eigenvalue weighted by Crippen LogP contribution is -2.65. The Hall–Kier alpha value is -2.69. The predicted octanol–water partition coefficient (Wildman–Crippen LogP) is 5.02. The van der Waals surface area contributed by atoms with Crippen molar-refractivity contribution in [3.8, 4) is 0 Å². The first-order valence-corrected chi connectivity index (χ1v) is 12.8. The van der Waals surface area contributed by atoms with Gasteiger partial charge in [-0.25, -0.2) is 0 Å². The highest BCUT2D eigenvalue weighted by Gasteiger charge is 2.56. The average Bonchev–Trinajstić information content (AvgIpc) is 2.86. The summed E-state index contributed by atoms with van der Waals surface area (Å²) in [6, 6.07) is 12.1. The first kappa shape index (κ1) is 22.1. The van der Waals surface area contributed by atoms with E-state index in [-0.39, 0.29) is 23.8 Å². The molecule has 2 aromatic rings. The Kier molecular flexibility index (Phi) is 6.48. The standard InChI is InChI=1S/C28H35N3O2/c32-26(30-20-15-21-13-18-29-19-14-21)25-23-11-5-6-12-24(23)27(33)31(22-9-3-1-4-10-22)28(25)16-7-2-8-17-28/h5-6,11-14,18-19,22,25H,1-4,7-10,15-17,20H2,(H,30,32). The molecule has 1 atom stereocenters. The molecule has 2 heterocycles. The fraction of sp³-hybridized carbons (Fsp3) is 0.536. The smallest absolute Gasteiger partial charge is 0.254 e. The number of carbonyl (C=O) groups excluding carboxylic acids is 2. The van der Waals surface area contributed by atoms with Crippen LogP contribution in [0.25, 0.3) is 0 Å². The highest BCUT2D eigenvalue weighted by molar-refractivity contribution is 6.02. The van der Waals surface area contributed by atoms with Gasteiger partial charge in [-0.15, -0.1) is 0 Å². The summed E-state index contributed by atoms with van der Waals surface area (Å²) in [4.78, 5) is 34.1. The molecule has 2 aliphatic carbocycles. The molecule has 1 unspecified atom stereocenters. The van der Waals surface area contributed by atoms with Gasteiger partial charge >= 0.3 is 0 Å². The van der Waals surface area contributed by atoms with E-state index < -0.39 is 5.54 Å². The minimum absolute atomic E-state index is 0.0757. The lowest BCUT2D eigenvalue weighted by Gasteiger charge is -2.57. The van der Waals surface area contributed by atoms with Gasteiger partial charge in [-0.05, 0) is 61.4 Å². The molecule has 5 nitrogen and oxygen atoms in total. The van der Waals surface area contributed by atoms with Crippen molar-refractivity contribution in [2.24, 2.45) is 0 Å². The van der Waals surface area contributed by atoms with Gasteiger partial charge in [-0.3, -0.25) is 14.6 Å². The largest absolute Gasteiger partial charge is 0.355 e. The summed E-state index contributed by atoms with van der Waals surface area (Å²) in [7, 11) is 0. The second kappa shape index (κ2) is 9.66. The minimum Gasteiger partial charge on any atom is -0.355 e. The van der Waals surface area contributed by atoms with E-state index >= 15 is 0 Å². The number of hydrogen-bond acceptors (Lipinski definition) is 3. The maximum absolute atomic E-state index is 13.9. The van der Waals surface area contributed by atoms with E-state index in [1.54, 1.807) is 12.4 Å². The van der Waals surface area contributed by atoms with E-state index in [9.17, 15) is 9.59 Å². The zero-order valence-corrected chi connectivity index (χ0v) is 19.5. The van der Waals surface area contributed by atoms with Crippen LogP contribution in [0.2, 0.25) is 0 Å². The highest BCUT2D eigenvalue weighted by atomic mass is 16.2. The summed E-state index contributed by atoms with van der Waals surface area (Å²) < 4.78 is 0. The lowest BCUT2D eigenvalue weighted by molar-refractivity contribution is -0.128. The van der Waals surface area contributed by atoms with E-state index in [4.69, 9.17) is 0 Å². The number of carbonyl (C=O) groups is 2. The zero-order valence-electron chi connectivity index (χ0n) is 19.5. The second-order valence-corrected chi connectivity index (χ2v) is 10.0. The molecule has 1 aromatic heterocycles. The molecule has 5 heteroatoms. The molecular weight excluding hydrogens is 410 g/mol. The monoisotopic (exact) mass is 445 g/mol. The van der Waals surface area contributed by atoms with Crippen LogP contribution in [0.15, 0.2) is 48.8 Å². The number of rotatable bonds is 5. The molecule has 3 aliphatic rings. The quantitative estimate of drug-likeness (QED) is 0.703. The van der Waals surface area contributed by atoms with Gasteiger partial charge in [0.05, 0.1) is 11.5 Å². The minimum atomic E-state index is -0.396. The first-order chi connectivity index (χ1) is 16.2. The van der Waals surface area contributed by atoms with Crippen LogP contribution < -0.4 is 5.32 Å². The summed E-state index contributed by atoms with van der Waals surface area (Å²) in [5.41, 5.74) is 2.43. The van der Waals surface area contributed by atoms with Gasteiger partial charge in [0.25, 0.3) is 5.91 Å². The van der Waals surface area contributed by atoms with Crippen molar-refractivity contribution in [2.45, 2.75) is 88.1 Å². The number of nitrogens with zero attached hydrogens (tertiary/aromatic N) is 2. The van der Waals surface area contributed by atoms with Crippen LogP contribution in [0.1, 0.15) is 91.6 Å². The Labute approximate surface area is 197 Å². The Balaban J connectivity index is 1.49. The van der Waals surface area contributed by atoms with E-state index in [0.717, 1.165) is 56.1 Å². The molecule has 2 saturated carbocycles. The molecule has 1 N–H and O–H groups in total. The summed E-state index contributed by atoms with van der Waals surface area (Å²) in [5, 5.41) is 3.25. The summed E-state index contributed by atoms with van der Waals surface area (Å²) in [6.07, 6.45) is 15.3. The third kappa shape index (κ3) is 4.18. The Morgan fingerprint density at radius 2 is 1.67 bits per heavy atom. The first-order valence-electron chi connectivity index (χ1n) is 12.8. The molecule has 1 aliphatic heterocycles. The van der Waals surface area contributed by atoms with Crippen LogP contribution in [0, 0.1) is 0 Å². The van der Waals surface area contributed by atoms with Gasteiger partial charge in [0.2, 0.25) is 5.91 Å².